The van der Waals surface area contributed by atoms with Gasteiger partial charge in [-0.15, -0.1) is 0 Å². The van der Waals surface area contributed by atoms with E-state index in [4.69, 9.17) is 0 Å². The summed E-state index contributed by atoms with van der Waals surface area (Å²) in [6.45, 7) is -3.24. The molecule has 0 aliphatic carbocycles. The molecule has 3 rings (SSSR count). The molecule has 26 heavy (non-hydrogen) atoms. The number of rotatable bonds is 5. The van der Waals surface area contributed by atoms with Gasteiger partial charge in [-0.2, -0.15) is 13.1 Å². The van der Waals surface area contributed by atoms with Crippen LogP contribution in [0.1, 0.15) is 12.4 Å². The van der Waals surface area contributed by atoms with Crippen molar-refractivity contribution in [1.82, 2.24) is 23.8 Å². The van der Waals surface area contributed by atoms with Crippen molar-refractivity contribution in [1.29, 1.82) is 0 Å². The molecule has 3 aromatic rings. The number of aromatic amines is 2. The van der Waals surface area contributed by atoms with Crippen LogP contribution in [0, 0.1) is 0 Å². The van der Waals surface area contributed by atoms with Crippen molar-refractivity contribution in [3.63, 3.8) is 0 Å². The molecule has 0 radical (unpaired) electrons. The topological polar surface area (TPSA) is 121 Å². The van der Waals surface area contributed by atoms with Crippen LogP contribution in [0.5, 0.6) is 0 Å². The van der Waals surface area contributed by atoms with Gasteiger partial charge in [-0.1, -0.05) is 0 Å². The Balaban J connectivity index is 1.99. The zero-order valence-electron chi connectivity index (χ0n) is 13.3. The first-order chi connectivity index (χ1) is 12.2. The lowest BCUT2D eigenvalue weighted by atomic mass is 10.2. The fourth-order valence-corrected chi connectivity index (χ4v) is 3.56. The van der Waals surface area contributed by atoms with Gasteiger partial charge in [-0.25, -0.2) is 18.2 Å². The summed E-state index contributed by atoms with van der Waals surface area (Å²) >= 11 is 0. The highest BCUT2D eigenvalue weighted by atomic mass is 32.2. The molecule has 12 heteroatoms. The van der Waals surface area contributed by atoms with Crippen LogP contribution in [-0.2, 0) is 16.6 Å². The van der Waals surface area contributed by atoms with E-state index in [1.807, 2.05) is 4.98 Å². The molecule has 0 fully saturated rings. The zero-order chi connectivity index (χ0) is 19.1. The van der Waals surface area contributed by atoms with Crippen molar-refractivity contribution in [2.75, 3.05) is 7.05 Å². The summed E-state index contributed by atoms with van der Waals surface area (Å²) in [6, 6.07) is 3.60. The lowest BCUT2D eigenvalue weighted by Crippen LogP contribution is -2.28. The fourth-order valence-electron chi connectivity index (χ4n) is 2.41. The lowest BCUT2D eigenvalue weighted by Gasteiger charge is -2.17. The Labute approximate surface area is 145 Å². The monoisotopic (exact) mass is 385 g/mol. The van der Waals surface area contributed by atoms with Gasteiger partial charge in [-0.3, -0.25) is 14.3 Å². The number of alkyl halides is 2. The molecule has 0 amide bonds. The number of nitrogens with one attached hydrogen (secondary N) is 2. The number of imidazole rings is 1. The second-order valence-corrected chi connectivity index (χ2v) is 7.45. The molecule has 2 heterocycles. The molecule has 0 saturated carbocycles. The summed E-state index contributed by atoms with van der Waals surface area (Å²) in [4.78, 5) is 31.0. The van der Waals surface area contributed by atoms with Crippen LogP contribution < -0.4 is 11.2 Å². The number of halogens is 2. The van der Waals surface area contributed by atoms with Gasteiger partial charge in [-0.05, 0) is 18.2 Å². The standard InChI is InChI=1S/C14H13F2N5O4S/c1-20(7-11-17-4-5-21(11)13(15)16)26(24,25)8-2-3-10-9(6-8)12(22)19-14(23)18-10/h2-6,13H,7H2,1H3,(H2,18,19,22,23). The second-order valence-electron chi connectivity index (χ2n) is 5.41. The molecule has 0 spiro atoms. The van der Waals surface area contributed by atoms with Crippen LogP contribution in [0.4, 0.5) is 8.78 Å². The van der Waals surface area contributed by atoms with Gasteiger partial charge in [0.2, 0.25) is 10.0 Å². The van der Waals surface area contributed by atoms with E-state index in [0.29, 0.717) is 4.57 Å². The van der Waals surface area contributed by atoms with E-state index < -0.39 is 27.8 Å². The Kier molecular flexibility index (Phi) is 4.46. The third-order valence-corrected chi connectivity index (χ3v) is 5.54. The number of nitrogens with zero attached hydrogens (tertiary/aromatic N) is 3. The molecule has 0 aliphatic rings. The minimum absolute atomic E-state index is 0.0202. The van der Waals surface area contributed by atoms with E-state index in [-0.39, 0.29) is 28.2 Å². The molecular formula is C14H13F2N5O4S. The fraction of sp³-hybridized carbons (Fsp3) is 0.214. The second kappa shape index (κ2) is 6.46. The highest BCUT2D eigenvalue weighted by Crippen LogP contribution is 2.20. The molecular weight excluding hydrogens is 372 g/mol. The van der Waals surface area contributed by atoms with Crippen LogP contribution in [0.25, 0.3) is 10.9 Å². The highest BCUT2D eigenvalue weighted by molar-refractivity contribution is 7.89. The Hall–Kier alpha value is -2.86. The van der Waals surface area contributed by atoms with Gasteiger partial charge in [0, 0.05) is 19.4 Å². The van der Waals surface area contributed by atoms with Crippen molar-refractivity contribution in [2.45, 2.75) is 18.0 Å². The number of sulfonamides is 1. The molecule has 0 atom stereocenters. The largest absolute Gasteiger partial charge is 0.326 e. The predicted molar refractivity (Wildman–Crippen MR) is 87.3 cm³/mol. The maximum absolute atomic E-state index is 12.9. The lowest BCUT2D eigenvalue weighted by molar-refractivity contribution is 0.0658. The zero-order valence-corrected chi connectivity index (χ0v) is 14.1. The molecule has 1 aromatic carbocycles. The molecule has 138 valence electrons. The summed E-state index contributed by atoms with van der Waals surface area (Å²) in [7, 11) is -2.88. The minimum atomic E-state index is -4.09. The first-order valence-electron chi connectivity index (χ1n) is 7.22. The number of hydrogen-bond donors (Lipinski definition) is 2. The van der Waals surface area contributed by atoms with Crippen molar-refractivity contribution < 1.29 is 17.2 Å². The average Bonchev–Trinajstić information content (AvgIpc) is 3.02. The van der Waals surface area contributed by atoms with Crippen LogP contribution >= 0.6 is 0 Å². The number of benzene rings is 1. The maximum atomic E-state index is 12.9. The summed E-state index contributed by atoms with van der Waals surface area (Å²) < 4.78 is 52.5. The first kappa shape index (κ1) is 17.9. The average molecular weight is 385 g/mol. The third kappa shape index (κ3) is 3.15. The van der Waals surface area contributed by atoms with Gasteiger partial charge < -0.3 is 4.98 Å². The normalized spacial score (nSPS) is 12.3. The number of hydrogen-bond acceptors (Lipinski definition) is 5. The predicted octanol–water partition coefficient (Wildman–Crippen LogP) is 0.629. The summed E-state index contributed by atoms with van der Waals surface area (Å²) in [5.74, 6) is -0.131. The Morgan fingerprint density at radius 2 is 2.00 bits per heavy atom. The quantitative estimate of drug-likeness (QED) is 0.667. The third-order valence-electron chi connectivity index (χ3n) is 3.74. The molecule has 9 nitrogen and oxygen atoms in total. The van der Waals surface area contributed by atoms with E-state index in [2.05, 4.69) is 9.97 Å². The molecule has 2 N–H and O–H groups in total. The van der Waals surface area contributed by atoms with E-state index in [1.165, 1.54) is 19.2 Å². The van der Waals surface area contributed by atoms with Crippen molar-refractivity contribution in [2.24, 2.45) is 0 Å². The van der Waals surface area contributed by atoms with Gasteiger partial charge >= 0.3 is 12.2 Å². The van der Waals surface area contributed by atoms with E-state index in [0.717, 1.165) is 22.8 Å². The smallest absolute Gasteiger partial charge is 0.307 e. The first-order valence-corrected chi connectivity index (χ1v) is 8.66. The van der Waals surface area contributed by atoms with E-state index in [1.54, 1.807) is 0 Å². The molecule has 0 unspecified atom stereocenters. The SMILES string of the molecule is CN(Cc1nccn1C(F)F)S(=O)(=O)c1ccc2[nH]c(=O)[nH]c(=O)c2c1. The maximum Gasteiger partial charge on any atom is 0.326 e. The van der Waals surface area contributed by atoms with Gasteiger partial charge in [0.05, 0.1) is 22.3 Å². The number of H-pyrrole nitrogens is 2. The van der Waals surface area contributed by atoms with Crippen LogP contribution in [-0.4, -0.2) is 39.3 Å². The molecule has 0 saturated heterocycles. The molecule has 0 aliphatic heterocycles. The van der Waals surface area contributed by atoms with Crippen LogP contribution in [0.3, 0.4) is 0 Å². The van der Waals surface area contributed by atoms with Crippen molar-refractivity contribution in [3.05, 3.63) is 57.3 Å². The Morgan fingerprint density at radius 1 is 1.27 bits per heavy atom. The summed E-state index contributed by atoms with van der Waals surface area (Å²) in [5.41, 5.74) is -1.28. The molecule has 2 aromatic heterocycles. The van der Waals surface area contributed by atoms with Crippen LogP contribution in [0.15, 0.2) is 45.1 Å². The van der Waals surface area contributed by atoms with Crippen LogP contribution in [0.2, 0.25) is 0 Å². The number of fused-ring (bicyclic) bond motifs is 1. The van der Waals surface area contributed by atoms with Crippen molar-refractivity contribution in [3.8, 4) is 0 Å². The van der Waals surface area contributed by atoms with Crippen molar-refractivity contribution >= 4 is 20.9 Å². The minimum Gasteiger partial charge on any atom is -0.307 e. The summed E-state index contributed by atoms with van der Waals surface area (Å²) in [5, 5.41) is -0.0202. The molecule has 0 bridgehead atoms. The Bertz CT molecular complexity index is 1180. The highest BCUT2D eigenvalue weighted by Gasteiger charge is 2.24. The number of aromatic nitrogens is 4. The van der Waals surface area contributed by atoms with E-state index >= 15 is 0 Å². The van der Waals surface area contributed by atoms with Gasteiger partial charge in [0.1, 0.15) is 5.82 Å². The summed E-state index contributed by atoms with van der Waals surface area (Å²) in [6.07, 6.45) is 2.19. The Morgan fingerprint density at radius 3 is 2.69 bits per heavy atom. The van der Waals surface area contributed by atoms with Gasteiger partial charge in [0.25, 0.3) is 5.56 Å². The van der Waals surface area contributed by atoms with Gasteiger partial charge in [0.15, 0.2) is 0 Å². The van der Waals surface area contributed by atoms with E-state index in [9.17, 15) is 26.8 Å².